The van der Waals surface area contributed by atoms with Gasteiger partial charge in [-0.05, 0) is 31.2 Å². The molecule has 0 saturated carbocycles. The van der Waals surface area contributed by atoms with E-state index < -0.39 is 9.84 Å². The summed E-state index contributed by atoms with van der Waals surface area (Å²) in [4.78, 5) is 14.6. The molecule has 0 aliphatic carbocycles. The highest BCUT2D eigenvalue weighted by Gasteiger charge is 2.27. The maximum absolute atomic E-state index is 12.9. The maximum atomic E-state index is 12.9. The summed E-state index contributed by atoms with van der Waals surface area (Å²) in [5, 5.41) is 0. The van der Waals surface area contributed by atoms with E-state index in [1.807, 2.05) is 31.2 Å². The van der Waals surface area contributed by atoms with Crippen molar-refractivity contribution in [2.24, 2.45) is 0 Å². The molecule has 1 fully saturated rings. The van der Waals surface area contributed by atoms with Gasteiger partial charge in [0.25, 0.3) is 5.91 Å². The Morgan fingerprint density at radius 1 is 1.07 bits per heavy atom. The number of ether oxygens (including phenoxy) is 2. The Labute approximate surface area is 166 Å². The van der Waals surface area contributed by atoms with Crippen molar-refractivity contribution in [3.63, 3.8) is 0 Å². The average molecular weight is 404 g/mol. The van der Waals surface area contributed by atoms with Gasteiger partial charge in [-0.15, -0.1) is 0 Å². The second-order valence-corrected chi connectivity index (χ2v) is 8.77. The Morgan fingerprint density at radius 3 is 2.43 bits per heavy atom. The number of rotatable bonds is 6. The predicted molar refractivity (Wildman–Crippen MR) is 107 cm³/mol. The molecule has 2 aromatic rings. The van der Waals surface area contributed by atoms with Gasteiger partial charge < -0.3 is 14.4 Å². The largest absolute Gasteiger partial charge is 0.494 e. The molecule has 28 heavy (non-hydrogen) atoms. The normalized spacial score (nSPS) is 15.3. The van der Waals surface area contributed by atoms with Gasteiger partial charge in [0.2, 0.25) is 0 Å². The Balaban J connectivity index is 1.63. The Kier molecular flexibility index (Phi) is 6.24. The van der Waals surface area contributed by atoms with E-state index in [0.29, 0.717) is 32.5 Å². The third kappa shape index (κ3) is 4.84. The van der Waals surface area contributed by atoms with E-state index in [-0.39, 0.29) is 22.5 Å². The van der Waals surface area contributed by atoms with Gasteiger partial charge in [0, 0.05) is 38.3 Å². The lowest BCUT2D eigenvalue weighted by Crippen LogP contribution is -2.42. The summed E-state index contributed by atoms with van der Waals surface area (Å²) in [6.07, 6.45) is 2.50. The summed E-state index contributed by atoms with van der Waals surface area (Å²) in [7, 11) is -3.46. The molecule has 1 amide bonds. The first kappa shape index (κ1) is 20.2. The molecule has 0 spiro atoms. The minimum Gasteiger partial charge on any atom is -0.494 e. The zero-order valence-corrected chi connectivity index (χ0v) is 16.9. The molecule has 7 heteroatoms. The minimum absolute atomic E-state index is 0.00563. The molecule has 0 bridgehead atoms. The molecule has 3 rings (SSSR count). The highest BCUT2D eigenvalue weighted by Crippen LogP contribution is 2.25. The van der Waals surface area contributed by atoms with Gasteiger partial charge in [-0.25, -0.2) is 8.42 Å². The quantitative estimate of drug-likeness (QED) is 0.741. The van der Waals surface area contributed by atoms with E-state index in [0.717, 1.165) is 17.8 Å². The third-order valence-corrected chi connectivity index (χ3v) is 5.82. The van der Waals surface area contributed by atoms with Crippen molar-refractivity contribution in [3.8, 4) is 11.5 Å². The van der Waals surface area contributed by atoms with Crippen LogP contribution in [0.2, 0.25) is 0 Å². The highest BCUT2D eigenvalue weighted by molar-refractivity contribution is 7.90. The van der Waals surface area contributed by atoms with Crippen LogP contribution in [0.4, 0.5) is 0 Å². The fourth-order valence-electron chi connectivity index (χ4n) is 3.31. The van der Waals surface area contributed by atoms with Gasteiger partial charge in [-0.2, -0.15) is 0 Å². The van der Waals surface area contributed by atoms with Crippen molar-refractivity contribution in [2.75, 3.05) is 26.0 Å². The van der Waals surface area contributed by atoms with Crippen LogP contribution in [-0.4, -0.2) is 51.3 Å². The van der Waals surface area contributed by atoms with Gasteiger partial charge in [-0.3, -0.25) is 4.79 Å². The Bertz CT molecular complexity index is 933. The summed E-state index contributed by atoms with van der Waals surface area (Å²) in [6, 6.07) is 13.9. The van der Waals surface area contributed by atoms with Crippen LogP contribution in [0, 0.1) is 0 Å². The standard InChI is InChI=1S/C21H25NO5S/c1-3-26-17-7-6-8-18(15-17)27-16-11-13-22(14-12-16)21(23)19-9-4-5-10-20(19)28(2,24)25/h4-10,15-16H,3,11-14H2,1-2H3. The van der Waals surface area contributed by atoms with E-state index in [2.05, 4.69) is 0 Å². The zero-order valence-electron chi connectivity index (χ0n) is 16.1. The second-order valence-electron chi connectivity index (χ2n) is 6.79. The van der Waals surface area contributed by atoms with Crippen LogP contribution >= 0.6 is 0 Å². The first-order chi connectivity index (χ1) is 13.4. The van der Waals surface area contributed by atoms with Crippen LogP contribution in [0.15, 0.2) is 53.4 Å². The van der Waals surface area contributed by atoms with Crippen molar-refractivity contribution >= 4 is 15.7 Å². The number of carbonyl (C=O) groups is 1. The number of amides is 1. The first-order valence-electron chi connectivity index (χ1n) is 9.36. The molecule has 1 aliphatic rings. The SMILES string of the molecule is CCOc1cccc(OC2CCN(C(=O)c3ccccc3S(C)(=O)=O)CC2)c1. The molecule has 1 heterocycles. The number of sulfone groups is 1. The average Bonchev–Trinajstić information content (AvgIpc) is 2.68. The van der Waals surface area contributed by atoms with Crippen LogP contribution in [-0.2, 0) is 9.84 Å². The van der Waals surface area contributed by atoms with Crippen LogP contribution in [0.3, 0.4) is 0 Å². The number of benzene rings is 2. The molecule has 1 saturated heterocycles. The lowest BCUT2D eigenvalue weighted by Gasteiger charge is -2.32. The zero-order chi connectivity index (χ0) is 20.1. The summed E-state index contributed by atoms with van der Waals surface area (Å²) in [5.74, 6) is 1.26. The molecule has 0 radical (unpaired) electrons. The van der Waals surface area contributed by atoms with Crippen molar-refractivity contribution in [1.29, 1.82) is 0 Å². The number of hydrogen-bond donors (Lipinski definition) is 0. The van der Waals surface area contributed by atoms with Gasteiger partial charge in [0.1, 0.15) is 17.6 Å². The molecule has 150 valence electrons. The maximum Gasteiger partial charge on any atom is 0.255 e. The summed E-state index contributed by atoms with van der Waals surface area (Å²) in [6.45, 7) is 3.57. The number of piperidine rings is 1. The molecule has 1 aliphatic heterocycles. The fourth-order valence-corrected chi connectivity index (χ4v) is 4.19. The van der Waals surface area contributed by atoms with Crippen molar-refractivity contribution < 1.29 is 22.7 Å². The van der Waals surface area contributed by atoms with Crippen LogP contribution in [0.25, 0.3) is 0 Å². The monoisotopic (exact) mass is 403 g/mol. The number of likely N-dealkylation sites (tertiary alicyclic amines) is 1. The van der Waals surface area contributed by atoms with E-state index in [9.17, 15) is 13.2 Å². The van der Waals surface area contributed by atoms with Crippen LogP contribution in [0.5, 0.6) is 11.5 Å². The van der Waals surface area contributed by atoms with E-state index in [1.165, 1.54) is 6.07 Å². The topological polar surface area (TPSA) is 72.9 Å². The van der Waals surface area contributed by atoms with Gasteiger partial charge >= 0.3 is 0 Å². The smallest absolute Gasteiger partial charge is 0.255 e. The third-order valence-electron chi connectivity index (χ3n) is 4.67. The van der Waals surface area contributed by atoms with Gasteiger partial charge in [0.05, 0.1) is 17.1 Å². The second kappa shape index (κ2) is 8.65. The predicted octanol–water partition coefficient (Wildman–Crippen LogP) is 3.17. The van der Waals surface area contributed by atoms with Crippen LogP contribution in [0.1, 0.15) is 30.1 Å². The Hall–Kier alpha value is -2.54. The van der Waals surface area contributed by atoms with Crippen molar-refractivity contribution in [3.05, 3.63) is 54.1 Å². The van der Waals surface area contributed by atoms with Gasteiger partial charge in [-0.1, -0.05) is 18.2 Å². The highest BCUT2D eigenvalue weighted by atomic mass is 32.2. The lowest BCUT2D eigenvalue weighted by atomic mass is 10.1. The lowest BCUT2D eigenvalue weighted by molar-refractivity contribution is 0.0591. The van der Waals surface area contributed by atoms with Gasteiger partial charge in [0.15, 0.2) is 9.84 Å². The molecular formula is C21H25NO5S. The molecule has 0 aromatic heterocycles. The molecule has 0 unspecified atom stereocenters. The summed E-state index contributed by atoms with van der Waals surface area (Å²) in [5.41, 5.74) is 0.230. The summed E-state index contributed by atoms with van der Waals surface area (Å²) >= 11 is 0. The Morgan fingerprint density at radius 2 is 1.75 bits per heavy atom. The van der Waals surface area contributed by atoms with E-state index in [1.54, 1.807) is 23.1 Å². The number of carbonyl (C=O) groups excluding carboxylic acids is 1. The number of nitrogens with zero attached hydrogens (tertiary/aromatic N) is 1. The number of hydrogen-bond acceptors (Lipinski definition) is 5. The van der Waals surface area contributed by atoms with E-state index >= 15 is 0 Å². The fraction of sp³-hybridized carbons (Fsp3) is 0.381. The summed E-state index contributed by atoms with van der Waals surface area (Å²) < 4.78 is 35.5. The minimum atomic E-state index is -3.46. The molecule has 0 N–H and O–H groups in total. The van der Waals surface area contributed by atoms with Crippen molar-refractivity contribution in [1.82, 2.24) is 4.90 Å². The molecule has 6 nitrogen and oxygen atoms in total. The van der Waals surface area contributed by atoms with E-state index in [4.69, 9.17) is 9.47 Å². The molecular weight excluding hydrogens is 378 g/mol. The molecule has 2 aromatic carbocycles. The van der Waals surface area contributed by atoms with Crippen LogP contribution < -0.4 is 9.47 Å². The molecule has 0 atom stereocenters. The van der Waals surface area contributed by atoms with Crippen molar-refractivity contribution in [2.45, 2.75) is 30.8 Å². The first-order valence-corrected chi connectivity index (χ1v) is 11.3.